The molecule has 1 saturated heterocycles. The molecule has 3 atom stereocenters. The standard InChI is InChI=1S/C33H37FN2O5/c1-18(2)23-7-6-8-26(34)28(23)29-25(30(41-35-29)19-9-10-19)17-39-27-16-22-15-24(27)31(37)36(22)21-13-11-20(12-14-21)32(38)40-33(3,4)5/h6-8,11-14,18-19,22,24,27H,9-10,15-17H2,1-5H3/t22-,24+,27+/m0/s1. The second-order valence-electron chi connectivity index (χ2n) is 12.8. The number of carbonyl (C=O) groups excluding carboxylic acids is 2. The highest BCUT2D eigenvalue weighted by molar-refractivity contribution is 6.00. The van der Waals surface area contributed by atoms with E-state index in [1.54, 1.807) is 30.3 Å². The van der Waals surface area contributed by atoms with Crippen molar-refractivity contribution in [2.24, 2.45) is 5.92 Å². The molecule has 2 saturated carbocycles. The van der Waals surface area contributed by atoms with Crippen LogP contribution < -0.4 is 4.90 Å². The molecule has 0 N–H and O–H groups in total. The molecule has 7 nitrogen and oxygen atoms in total. The van der Waals surface area contributed by atoms with Crippen LogP contribution in [-0.4, -0.2) is 34.8 Å². The number of halogens is 1. The number of esters is 1. The maximum Gasteiger partial charge on any atom is 0.338 e. The largest absolute Gasteiger partial charge is 0.456 e. The Morgan fingerprint density at radius 3 is 2.49 bits per heavy atom. The smallest absolute Gasteiger partial charge is 0.338 e. The summed E-state index contributed by atoms with van der Waals surface area (Å²) in [7, 11) is 0. The van der Waals surface area contributed by atoms with Gasteiger partial charge >= 0.3 is 5.97 Å². The van der Waals surface area contributed by atoms with Crippen molar-refractivity contribution in [3.05, 3.63) is 70.7 Å². The number of aromatic nitrogens is 1. The molecule has 0 radical (unpaired) electrons. The average molecular weight is 561 g/mol. The SMILES string of the molecule is CC(C)c1cccc(F)c1-c1noc(C2CC2)c1CO[C@@H]1C[C@@H]2C[C@H]1C(=O)N2c1ccc(C(=O)OC(C)(C)C)cc1. The van der Waals surface area contributed by atoms with Crippen molar-refractivity contribution in [1.29, 1.82) is 0 Å². The molecular formula is C33H37FN2O5. The van der Waals surface area contributed by atoms with Gasteiger partial charge in [0.25, 0.3) is 0 Å². The maximum atomic E-state index is 15.2. The second-order valence-corrected chi connectivity index (χ2v) is 12.8. The molecule has 0 spiro atoms. The van der Waals surface area contributed by atoms with E-state index in [9.17, 15) is 9.59 Å². The first-order chi connectivity index (χ1) is 19.5. The molecule has 3 aliphatic rings. The van der Waals surface area contributed by atoms with Crippen molar-refractivity contribution in [3.63, 3.8) is 0 Å². The minimum Gasteiger partial charge on any atom is -0.456 e. The van der Waals surface area contributed by atoms with E-state index in [1.807, 2.05) is 45.6 Å². The Morgan fingerprint density at radius 2 is 1.85 bits per heavy atom. The van der Waals surface area contributed by atoms with Gasteiger partial charge in [0.15, 0.2) is 0 Å². The number of benzene rings is 2. The summed E-state index contributed by atoms with van der Waals surface area (Å²) in [4.78, 5) is 27.7. The van der Waals surface area contributed by atoms with Gasteiger partial charge in [0, 0.05) is 28.8 Å². The first kappa shape index (κ1) is 27.6. The summed E-state index contributed by atoms with van der Waals surface area (Å²) in [6.45, 7) is 9.79. The summed E-state index contributed by atoms with van der Waals surface area (Å²) < 4.78 is 32.8. The number of fused-ring (bicyclic) bond motifs is 2. The fraction of sp³-hybridized carbons (Fsp3) is 0.485. The Labute approximate surface area is 240 Å². The third kappa shape index (κ3) is 5.30. The van der Waals surface area contributed by atoms with Crippen LogP contribution in [0.25, 0.3) is 11.3 Å². The topological polar surface area (TPSA) is 81.9 Å². The van der Waals surface area contributed by atoms with Crippen molar-refractivity contribution in [2.75, 3.05) is 4.90 Å². The molecule has 3 fully saturated rings. The maximum absolute atomic E-state index is 15.2. The highest BCUT2D eigenvalue weighted by atomic mass is 19.1. The molecule has 1 aromatic heterocycles. The first-order valence-corrected chi connectivity index (χ1v) is 14.6. The zero-order valence-electron chi connectivity index (χ0n) is 24.3. The van der Waals surface area contributed by atoms with E-state index in [0.717, 1.165) is 35.4 Å². The molecule has 3 aromatic rings. The van der Waals surface area contributed by atoms with Gasteiger partial charge in [-0.2, -0.15) is 0 Å². The monoisotopic (exact) mass is 560 g/mol. The Balaban J connectivity index is 1.17. The highest BCUT2D eigenvalue weighted by Crippen LogP contribution is 2.47. The lowest BCUT2D eigenvalue weighted by atomic mass is 9.92. The van der Waals surface area contributed by atoms with E-state index < -0.39 is 5.60 Å². The van der Waals surface area contributed by atoms with Crippen molar-refractivity contribution < 1.29 is 28.0 Å². The molecule has 1 amide bonds. The lowest BCUT2D eigenvalue weighted by Crippen LogP contribution is -2.43. The minimum absolute atomic E-state index is 0.0221. The van der Waals surface area contributed by atoms with Gasteiger partial charge in [-0.15, -0.1) is 0 Å². The molecule has 8 heteroatoms. The summed E-state index contributed by atoms with van der Waals surface area (Å²) in [5.41, 5.74) is 3.30. The van der Waals surface area contributed by atoms with Gasteiger partial charge in [-0.3, -0.25) is 4.79 Å². The zero-order valence-corrected chi connectivity index (χ0v) is 24.3. The summed E-state index contributed by atoms with van der Waals surface area (Å²) in [6.07, 6.45) is 3.23. The normalized spacial score (nSPS) is 22.2. The second kappa shape index (κ2) is 10.4. The number of hydrogen-bond donors (Lipinski definition) is 0. The molecule has 2 bridgehead atoms. The average Bonchev–Trinajstić information content (AvgIpc) is 3.42. The van der Waals surface area contributed by atoms with Gasteiger partial charge in [0.1, 0.15) is 22.9 Å². The number of ether oxygens (including phenoxy) is 2. The van der Waals surface area contributed by atoms with Crippen LogP contribution in [-0.2, 0) is 20.9 Å². The fourth-order valence-corrected chi connectivity index (χ4v) is 6.21. The molecular weight excluding hydrogens is 523 g/mol. The molecule has 1 aliphatic heterocycles. The molecule has 41 heavy (non-hydrogen) atoms. The number of hydrogen-bond acceptors (Lipinski definition) is 6. The van der Waals surface area contributed by atoms with Crippen molar-refractivity contribution in [2.45, 2.75) is 96.5 Å². The third-order valence-corrected chi connectivity index (χ3v) is 8.29. The van der Waals surface area contributed by atoms with Gasteiger partial charge in [0.2, 0.25) is 5.91 Å². The Bertz CT molecular complexity index is 1470. The Hall–Kier alpha value is -3.52. The van der Waals surface area contributed by atoms with Crippen LogP contribution in [0.3, 0.4) is 0 Å². The highest BCUT2D eigenvalue weighted by Gasteiger charge is 2.52. The predicted octanol–water partition coefficient (Wildman–Crippen LogP) is 7.15. The van der Waals surface area contributed by atoms with Crippen LogP contribution in [0.5, 0.6) is 0 Å². The van der Waals surface area contributed by atoms with Crippen LogP contribution in [0.4, 0.5) is 10.1 Å². The van der Waals surface area contributed by atoms with E-state index in [2.05, 4.69) is 5.16 Å². The van der Waals surface area contributed by atoms with Crippen molar-refractivity contribution in [3.8, 4) is 11.3 Å². The number of rotatable bonds is 8. The molecule has 2 heterocycles. The zero-order chi connectivity index (χ0) is 29.1. The minimum atomic E-state index is -0.576. The van der Waals surface area contributed by atoms with Crippen molar-refractivity contribution in [1.82, 2.24) is 5.16 Å². The van der Waals surface area contributed by atoms with E-state index in [0.29, 0.717) is 29.7 Å². The Morgan fingerprint density at radius 1 is 1.12 bits per heavy atom. The quantitative estimate of drug-likeness (QED) is 0.272. The summed E-state index contributed by atoms with van der Waals surface area (Å²) in [5.74, 6) is 0.239. The van der Waals surface area contributed by atoms with E-state index >= 15 is 4.39 Å². The van der Waals surface area contributed by atoms with Gasteiger partial charge in [-0.25, -0.2) is 9.18 Å². The van der Waals surface area contributed by atoms with E-state index in [4.69, 9.17) is 14.0 Å². The van der Waals surface area contributed by atoms with Crippen LogP contribution in [0.15, 0.2) is 47.0 Å². The van der Waals surface area contributed by atoms with Gasteiger partial charge in [0.05, 0.1) is 24.2 Å². The van der Waals surface area contributed by atoms with Gasteiger partial charge in [-0.05, 0) is 88.3 Å². The number of nitrogens with zero attached hydrogens (tertiary/aromatic N) is 2. The summed E-state index contributed by atoms with van der Waals surface area (Å²) >= 11 is 0. The molecule has 6 rings (SSSR count). The van der Waals surface area contributed by atoms with Crippen LogP contribution in [0, 0.1) is 11.7 Å². The van der Waals surface area contributed by atoms with Crippen LogP contribution >= 0.6 is 0 Å². The number of anilines is 1. The number of amides is 1. The predicted molar refractivity (Wildman–Crippen MR) is 152 cm³/mol. The molecule has 2 aromatic carbocycles. The molecule has 2 aliphatic carbocycles. The lowest BCUT2D eigenvalue weighted by molar-refractivity contribution is -0.126. The van der Waals surface area contributed by atoms with E-state index in [-0.39, 0.29) is 54.2 Å². The van der Waals surface area contributed by atoms with Crippen molar-refractivity contribution >= 4 is 17.6 Å². The van der Waals surface area contributed by atoms with E-state index in [1.165, 1.54) is 6.07 Å². The molecule has 216 valence electrons. The van der Waals surface area contributed by atoms with Crippen LogP contribution in [0.1, 0.15) is 99.4 Å². The number of piperidine rings is 1. The van der Waals surface area contributed by atoms with Gasteiger partial charge in [-0.1, -0.05) is 31.1 Å². The molecule has 0 unspecified atom stereocenters. The number of carbonyl (C=O) groups is 2. The summed E-state index contributed by atoms with van der Waals surface area (Å²) in [5, 5.41) is 4.35. The first-order valence-electron chi connectivity index (χ1n) is 14.6. The summed E-state index contributed by atoms with van der Waals surface area (Å²) in [6, 6.07) is 12.2. The van der Waals surface area contributed by atoms with Gasteiger partial charge < -0.3 is 18.9 Å². The lowest BCUT2D eigenvalue weighted by Gasteiger charge is -2.31. The Kier molecular flexibility index (Phi) is 7.00. The third-order valence-electron chi connectivity index (χ3n) is 8.29. The fourth-order valence-electron chi connectivity index (χ4n) is 6.21. The van der Waals surface area contributed by atoms with Crippen LogP contribution in [0.2, 0.25) is 0 Å².